The summed E-state index contributed by atoms with van der Waals surface area (Å²) in [6.07, 6.45) is -3.24. The fourth-order valence-corrected chi connectivity index (χ4v) is 7.45. The number of nitrogens with zero attached hydrogens (tertiary/aromatic N) is 2. The highest BCUT2D eigenvalue weighted by atomic mass is 19.4. The zero-order chi connectivity index (χ0) is 48.7. The predicted molar refractivity (Wildman–Crippen MR) is 247 cm³/mol. The van der Waals surface area contributed by atoms with Gasteiger partial charge in [-0.25, -0.2) is 14.8 Å². The van der Waals surface area contributed by atoms with Gasteiger partial charge in [0.05, 0.1) is 33.9 Å². The van der Waals surface area contributed by atoms with Crippen molar-refractivity contribution >= 4 is 11.9 Å². The lowest BCUT2D eigenvalue weighted by Gasteiger charge is -2.20. The number of hydrogen-bond acceptors (Lipinski definition) is 8. The minimum absolute atomic E-state index is 0.0115. The normalized spacial score (nSPS) is 12.5. The number of alkyl halides is 6. The van der Waals surface area contributed by atoms with Crippen molar-refractivity contribution < 1.29 is 54.9 Å². The first kappa shape index (κ1) is 50.7. The van der Waals surface area contributed by atoms with Crippen molar-refractivity contribution in [1.82, 2.24) is 9.97 Å². The molecule has 0 amide bonds. The molecule has 0 saturated carbocycles. The van der Waals surface area contributed by atoms with E-state index in [1.165, 1.54) is 24.3 Å². The Morgan fingerprint density at radius 1 is 0.574 bits per heavy atom. The van der Waals surface area contributed by atoms with Crippen LogP contribution in [0.2, 0.25) is 0 Å². The first-order valence-electron chi connectivity index (χ1n) is 22.8. The molecule has 6 rings (SSSR count). The van der Waals surface area contributed by atoms with Crippen LogP contribution in [0.5, 0.6) is 17.2 Å². The summed E-state index contributed by atoms with van der Waals surface area (Å²) in [4.78, 5) is 34.8. The van der Waals surface area contributed by atoms with Crippen LogP contribution in [0, 0.1) is 0 Å². The molecular weight excluding hydrogens is 887 g/mol. The van der Waals surface area contributed by atoms with E-state index in [0.29, 0.717) is 83.3 Å². The number of ether oxygens (including phenoxy) is 4. The first-order chi connectivity index (χ1) is 32.6. The number of rotatable bonds is 22. The summed E-state index contributed by atoms with van der Waals surface area (Å²) >= 11 is 0. The lowest BCUT2D eigenvalue weighted by molar-refractivity contribution is -0.161. The van der Waals surface area contributed by atoms with E-state index >= 15 is 0 Å². The molecule has 2 atom stereocenters. The number of esters is 2. The molecule has 0 spiro atoms. The second-order valence-corrected chi connectivity index (χ2v) is 16.3. The molecule has 0 fully saturated rings. The van der Waals surface area contributed by atoms with Crippen molar-refractivity contribution in [2.45, 2.75) is 110 Å². The Morgan fingerprint density at radius 3 is 1.56 bits per heavy atom. The van der Waals surface area contributed by atoms with Crippen LogP contribution in [-0.2, 0) is 39.5 Å². The zero-order valence-corrected chi connectivity index (χ0v) is 38.2. The summed E-state index contributed by atoms with van der Waals surface area (Å²) in [7, 11) is 0. The average molecular weight is 941 g/mol. The fraction of sp³-hybridized carbons (Fsp3) is 0.333. The topological polar surface area (TPSA) is 96.8 Å². The fourth-order valence-electron chi connectivity index (χ4n) is 7.45. The zero-order valence-electron chi connectivity index (χ0n) is 38.2. The van der Waals surface area contributed by atoms with Crippen LogP contribution in [0.15, 0.2) is 127 Å². The third-order valence-corrected chi connectivity index (χ3v) is 11.2. The highest BCUT2D eigenvalue weighted by molar-refractivity contribution is 5.86. The quantitative estimate of drug-likeness (QED) is 0.0377. The van der Waals surface area contributed by atoms with Crippen molar-refractivity contribution in [1.29, 1.82) is 0 Å². The summed E-state index contributed by atoms with van der Waals surface area (Å²) in [6, 6.07) is 33.3. The van der Waals surface area contributed by atoms with Gasteiger partial charge in [0, 0.05) is 17.5 Å². The minimum atomic E-state index is -4.43. The Bertz CT molecular complexity index is 2560. The van der Waals surface area contributed by atoms with Gasteiger partial charge in [-0.3, -0.25) is 4.79 Å². The van der Waals surface area contributed by atoms with Gasteiger partial charge in [-0.15, -0.1) is 0 Å². The highest BCUT2D eigenvalue weighted by Crippen LogP contribution is 2.35. The smallest absolute Gasteiger partial charge is 0.416 e. The van der Waals surface area contributed by atoms with E-state index in [2.05, 4.69) is 13.8 Å². The van der Waals surface area contributed by atoms with E-state index in [9.17, 15) is 35.9 Å². The van der Waals surface area contributed by atoms with Crippen LogP contribution >= 0.6 is 0 Å². The molecule has 0 aliphatic carbocycles. The van der Waals surface area contributed by atoms with Crippen LogP contribution in [0.3, 0.4) is 0 Å². The van der Waals surface area contributed by atoms with Gasteiger partial charge in [0.1, 0.15) is 29.5 Å². The van der Waals surface area contributed by atoms with Crippen LogP contribution in [0.25, 0.3) is 22.5 Å². The Kier molecular flexibility index (Phi) is 17.8. The molecule has 0 saturated heterocycles. The predicted octanol–water partition coefficient (Wildman–Crippen LogP) is 14.5. The molecule has 0 aliphatic rings. The molecule has 0 radical (unpaired) electrons. The molecule has 0 N–H and O–H groups in total. The molecule has 4 aromatic carbocycles. The first-order valence-corrected chi connectivity index (χ1v) is 22.8. The van der Waals surface area contributed by atoms with Crippen molar-refractivity contribution in [3.05, 3.63) is 161 Å². The largest absolute Gasteiger partial charge is 0.484 e. The standard InChI is InChI=1S/C54H54F6N2O6/c1-4-7-17-49(46-15-10-13-44(61-46)38-22-26-40(27-23-38)53(55,56)57)66-42-30-20-36(21-31-42)12-9-19-51(63)68-52(64)35-65-48-33-32-43(34-37(48)6-3)67-50(18-8-5-2)47-16-11-14-45(62-47)39-24-28-41(29-25-39)54(58,59)60/h10-11,13-16,20-34,49-50H,4-9,12,17-19,35H2,1-3H3. The van der Waals surface area contributed by atoms with Crippen molar-refractivity contribution in [2.24, 2.45) is 0 Å². The maximum absolute atomic E-state index is 13.1. The second-order valence-electron chi connectivity index (χ2n) is 16.3. The number of aromatic nitrogens is 2. The summed E-state index contributed by atoms with van der Waals surface area (Å²) < 4.78 is 102. The third-order valence-electron chi connectivity index (χ3n) is 11.2. The van der Waals surface area contributed by atoms with Gasteiger partial charge in [-0.2, -0.15) is 26.3 Å². The van der Waals surface area contributed by atoms with Gasteiger partial charge in [-0.1, -0.05) is 82.1 Å². The van der Waals surface area contributed by atoms with E-state index in [4.69, 9.17) is 28.9 Å². The van der Waals surface area contributed by atoms with Gasteiger partial charge in [0.15, 0.2) is 6.61 Å². The van der Waals surface area contributed by atoms with E-state index in [1.807, 2.05) is 55.5 Å². The number of unbranched alkanes of at least 4 members (excludes halogenated alkanes) is 2. The average Bonchev–Trinajstić information content (AvgIpc) is 3.33. The third kappa shape index (κ3) is 14.6. The summed E-state index contributed by atoms with van der Waals surface area (Å²) in [5.41, 5.74) is 3.75. The molecule has 2 heterocycles. The van der Waals surface area contributed by atoms with Gasteiger partial charge in [-0.05, 0) is 135 Å². The molecule has 6 aromatic rings. The molecule has 68 heavy (non-hydrogen) atoms. The van der Waals surface area contributed by atoms with Gasteiger partial charge < -0.3 is 18.9 Å². The number of halogens is 6. The van der Waals surface area contributed by atoms with Crippen LogP contribution in [0.4, 0.5) is 26.3 Å². The van der Waals surface area contributed by atoms with E-state index in [-0.39, 0.29) is 12.5 Å². The van der Waals surface area contributed by atoms with Crippen molar-refractivity contribution in [2.75, 3.05) is 6.61 Å². The summed E-state index contributed by atoms with van der Waals surface area (Å²) in [5.74, 6) is 0.106. The molecule has 2 unspecified atom stereocenters. The number of benzene rings is 4. The lowest BCUT2D eigenvalue weighted by Crippen LogP contribution is -2.19. The lowest BCUT2D eigenvalue weighted by atomic mass is 10.1. The van der Waals surface area contributed by atoms with E-state index in [0.717, 1.165) is 61.1 Å². The number of hydrogen-bond donors (Lipinski definition) is 0. The molecular formula is C54H54F6N2O6. The number of pyridine rings is 2. The maximum atomic E-state index is 13.1. The van der Waals surface area contributed by atoms with Gasteiger partial charge in [0.2, 0.25) is 0 Å². The molecule has 0 bridgehead atoms. The van der Waals surface area contributed by atoms with Crippen LogP contribution in [0.1, 0.15) is 118 Å². The van der Waals surface area contributed by atoms with Crippen molar-refractivity contribution in [3.63, 3.8) is 0 Å². The minimum Gasteiger partial charge on any atom is -0.484 e. The Morgan fingerprint density at radius 2 is 1.07 bits per heavy atom. The number of carbonyl (C=O) groups excluding carboxylic acids is 2. The second kappa shape index (κ2) is 23.8. The highest BCUT2D eigenvalue weighted by Gasteiger charge is 2.31. The van der Waals surface area contributed by atoms with Crippen LogP contribution < -0.4 is 14.2 Å². The van der Waals surface area contributed by atoms with E-state index in [1.54, 1.807) is 30.3 Å². The Balaban J connectivity index is 0.974. The molecule has 358 valence electrons. The monoisotopic (exact) mass is 940 g/mol. The Hall–Kier alpha value is -6.70. The van der Waals surface area contributed by atoms with Crippen molar-refractivity contribution in [3.8, 4) is 39.8 Å². The number of aryl methyl sites for hydroxylation is 2. The van der Waals surface area contributed by atoms with E-state index < -0.39 is 48.1 Å². The molecule has 14 heteroatoms. The molecule has 0 aliphatic heterocycles. The summed E-state index contributed by atoms with van der Waals surface area (Å²) in [5, 5.41) is 0. The van der Waals surface area contributed by atoms with Gasteiger partial charge >= 0.3 is 24.3 Å². The molecule has 8 nitrogen and oxygen atoms in total. The molecule has 2 aromatic heterocycles. The SMILES string of the molecule is CCCCC(Oc1ccc(CCCC(=O)OC(=O)COc2ccc(OC(CCCC)c3cccc(-c4ccc(C(F)(F)F)cc4)n3)cc2CC)cc1)c1cccc(-c2ccc(C(F)(F)F)cc2)n1. The Labute approximate surface area is 392 Å². The van der Waals surface area contributed by atoms with Gasteiger partial charge in [0.25, 0.3) is 0 Å². The summed E-state index contributed by atoms with van der Waals surface area (Å²) in [6.45, 7) is 5.59. The number of carbonyl (C=O) groups is 2. The van der Waals surface area contributed by atoms with Crippen LogP contribution in [-0.4, -0.2) is 28.5 Å². The maximum Gasteiger partial charge on any atom is 0.416 e.